The van der Waals surface area contributed by atoms with Crippen molar-refractivity contribution in [1.29, 1.82) is 0 Å². The number of rotatable bonds is 3. The Hall–Kier alpha value is -1.36. The molecule has 3 aliphatic rings. The van der Waals surface area contributed by atoms with E-state index < -0.39 is 0 Å². The second kappa shape index (κ2) is 5.37. The summed E-state index contributed by atoms with van der Waals surface area (Å²) in [5, 5.41) is 7.80. The highest BCUT2D eigenvalue weighted by Crippen LogP contribution is 2.56. The van der Waals surface area contributed by atoms with Gasteiger partial charge in [0.15, 0.2) is 0 Å². The molecule has 1 aliphatic heterocycles. The van der Waals surface area contributed by atoms with E-state index in [1.807, 2.05) is 13.2 Å². The first-order valence-electron chi connectivity index (χ1n) is 8.60. The minimum absolute atomic E-state index is 0.0578. The molecule has 5 heteroatoms. The van der Waals surface area contributed by atoms with E-state index >= 15 is 0 Å². The van der Waals surface area contributed by atoms with Crippen LogP contribution in [0, 0.1) is 5.41 Å². The van der Waals surface area contributed by atoms with E-state index in [1.165, 1.54) is 38.5 Å². The van der Waals surface area contributed by atoms with Crippen molar-refractivity contribution in [2.75, 3.05) is 13.2 Å². The van der Waals surface area contributed by atoms with E-state index in [-0.39, 0.29) is 11.8 Å². The standard InChI is InChI=1S/C17H25N3O2/c1-20-10-13(15(19-20)12-5-8-22-11-12)16(21)18-14-9-17(14)6-3-2-4-7-17/h10,12,14H,2-9,11H2,1H3,(H,18,21). The van der Waals surface area contributed by atoms with Crippen molar-refractivity contribution in [2.24, 2.45) is 12.5 Å². The number of ether oxygens (including phenoxy) is 1. The number of aromatic nitrogens is 2. The Labute approximate surface area is 131 Å². The molecule has 1 saturated heterocycles. The first kappa shape index (κ1) is 14.2. The highest BCUT2D eigenvalue weighted by molar-refractivity contribution is 5.95. The van der Waals surface area contributed by atoms with E-state index in [4.69, 9.17) is 4.74 Å². The van der Waals surface area contributed by atoms with Gasteiger partial charge in [-0.2, -0.15) is 5.10 Å². The lowest BCUT2D eigenvalue weighted by molar-refractivity contribution is 0.0940. The average molecular weight is 303 g/mol. The zero-order valence-corrected chi connectivity index (χ0v) is 13.3. The number of carbonyl (C=O) groups is 1. The van der Waals surface area contributed by atoms with Crippen LogP contribution in [0.2, 0.25) is 0 Å². The minimum atomic E-state index is 0.0578. The maximum Gasteiger partial charge on any atom is 0.255 e. The van der Waals surface area contributed by atoms with Gasteiger partial charge < -0.3 is 10.1 Å². The molecule has 0 bridgehead atoms. The quantitative estimate of drug-likeness (QED) is 0.932. The SMILES string of the molecule is Cn1cc(C(=O)NC2CC23CCCCC3)c(C2CCOC2)n1. The molecule has 3 fully saturated rings. The van der Waals surface area contributed by atoms with Gasteiger partial charge in [-0.25, -0.2) is 0 Å². The monoisotopic (exact) mass is 303 g/mol. The van der Waals surface area contributed by atoms with Crippen molar-refractivity contribution in [1.82, 2.24) is 15.1 Å². The third-order valence-corrected chi connectivity index (χ3v) is 5.76. The largest absolute Gasteiger partial charge is 0.381 e. The molecular weight excluding hydrogens is 278 g/mol. The van der Waals surface area contributed by atoms with Gasteiger partial charge in [0, 0.05) is 31.8 Å². The lowest BCUT2D eigenvalue weighted by atomic mass is 9.85. The van der Waals surface area contributed by atoms with E-state index in [1.54, 1.807) is 4.68 Å². The fraction of sp³-hybridized carbons (Fsp3) is 0.765. The zero-order chi connectivity index (χ0) is 15.2. The number of nitrogens with zero attached hydrogens (tertiary/aromatic N) is 2. The van der Waals surface area contributed by atoms with Crippen LogP contribution < -0.4 is 5.32 Å². The van der Waals surface area contributed by atoms with Crippen LogP contribution in [-0.4, -0.2) is 34.9 Å². The maximum atomic E-state index is 12.7. The Bertz CT molecular complexity index is 568. The number of aryl methyl sites for hydroxylation is 1. The van der Waals surface area contributed by atoms with Crippen LogP contribution in [-0.2, 0) is 11.8 Å². The number of carbonyl (C=O) groups excluding carboxylic acids is 1. The topological polar surface area (TPSA) is 56.2 Å². The van der Waals surface area contributed by atoms with Crippen LogP contribution in [0.3, 0.4) is 0 Å². The predicted molar refractivity (Wildman–Crippen MR) is 82.8 cm³/mol. The number of amides is 1. The summed E-state index contributed by atoms with van der Waals surface area (Å²) in [5.74, 6) is 0.326. The molecule has 2 heterocycles. The second-order valence-corrected chi connectivity index (χ2v) is 7.32. The van der Waals surface area contributed by atoms with Gasteiger partial charge in [0.2, 0.25) is 0 Å². The summed E-state index contributed by atoms with van der Waals surface area (Å²) in [6.45, 7) is 1.46. The molecular formula is C17H25N3O2. The second-order valence-electron chi connectivity index (χ2n) is 7.32. The van der Waals surface area contributed by atoms with Crippen molar-refractivity contribution < 1.29 is 9.53 Å². The Balaban J connectivity index is 1.47. The van der Waals surface area contributed by atoms with E-state index in [0.717, 1.165) is 24.3 Å². The molecule has 1 spiro atoms. The van der Waals surface area contributed by atoms with Crippen LogP contribution in [0.5, 0.6) is 0 Å². The Morgan fingerprint density at radius 2 is 2.23 bits per heavy atom. The molecule has 0 radical (unpaired) electrons. The number of hydrogen-bond donors (Lipinski definition) is 1. The maximum absolute atomic E-state index is 12.7. The Kier molecular flexibility index (Phi) is 3.48. The summed E-state index contributed by atoms with van der Waals surface area (Å²) in [4.78, 5) is 12.7. The summed E-state index contributed by atoms with van der Waals surface area (Å²) in [6, 6.07) is 0.383. The predicted octanol–water partition coefficient (Wildman–Crippen LogP) is 2.38. The molecule has 5 nitrogen and oxygen atoms in total. The van der Waals surface area contributed by atoms with Crippen LogP contribution in [0.25, 0.3) is 0 Å². The fourth-order valence-electron chi connectivity index (χ4n) is 4.33. The lowest BCUT2D eigenvalue weighted by Crippen LogP contribution is -2.31. The Morgan fingerprint density at radius 1 is 1.41 bits per heavy atom. The van der Waals surface area contributed by atoms with Crippen LogP contribution in [0.1, 0.15) is 66.9 Å². The molecule has 120 valence electrons. The third kappa shape index (κ3) is 2.45. The van der Waals surface area contributed by atoms with Crippen LogP contribution in [0.15, 0.2) is 6.20 Å². The molecule has 4 rings (SSSR count). The fourth-order valence-corrected chi connectivity index (χ4v) is 4.33. The average Bonchev–Trinajstić information content (AvgIpc) is 2.92. The summed E-state index contributed by atoms with van der Waals surface area (Å²) < 4.78 is 7.21. The van der Waals surface area contributed by atoms with Gasteiger partial charge in [-0.15, -0.1) is 0 Å². The van der Waals surface area contributed by atoms with Crippen molar-refractivity contribution in [3.05, 3.63) is 17.5 Å². The number of hydrogen-bond acceptors (Lipinski definition) is 3. The summed E-state index contributed by atoms with van der Waals surface area (Å²) in [6.07, 6.45) is 10.6. The minimum Gasteiger partial charge on any atom is -0.381 e. The normalized spacial score (nSPS) is 29.7. The summed E-state index contributed by atoms with van der Waals surface area (Å²) in [7, 11) is 1.88. The van der Waals surface area contributed by atoms with Crippen LogP contribution in [0.4, 0.5) is 0 Å². The van der Waals surface area contributed by atoms with Gasteiger partial charge in [-0.1, -0.05) is 19.3 Å². The molecule has 0 aromatic carbocycles. The van der Waals surface area contributed by atoms with E-state index in [2.05, 4.69) is 10.4 Å². The molecule has 2 atom stereocenters. The van der Waals surface area contributed by atoms with Crippen molar-refractivity contribution in [3.63, 3.8) is 0 Å². The highest BCUT2D eigenvalue weighted by Gasteiger charge is 2.54. The molecule has 1 amide bonds. The first-order valence-corrected chi connectivity index (χ1v) is 8.60. The molecule has 2 unspecified atom stereocenters. The van der Waals surface area contributed by atoms with Gasteiger partial charge in [0.05, 0.1) is 17.9 Å². The van der Waals surface area contributed by atoms with Gasteiger partial charge >= 0.3 is 0 Å². The van der Waals surface area contributed by atoms with E-state index in [0.29, 0.717) is 18.1 Å². The van der Waals surface area contributed by atoms with E-state index in [9.17, 15) is 4.79 Å². The van der Waals surface area contributed by atoms with Gasteiger partial charge in [-0.3, -0.25) is 9.48 Å². The molecule has 2 saturated carbocycles. The summed E-state index contributed by atoms with van der Waals surface area (Å²) in [5.41, 5.74) is 2.08. The van der Waals surface area contributed by atoms with Crippen molar-refractivity contribution >= 4 is 5.91 Å². The lowest BCUT2D eigenvalue weighted by Gasteiger charge is -2.22. The smallest absolute Gasteiger partial charge is 0.255 e. The summed E-state index contributed by atoms with van der Waals surface area (Å²) >= 11 is 0. The zero-order valence-electron chi connectivity index (χ0n) is 13.3. The van der Waals surface area contributed by atoms with Gasteiger partial charge in [-0.05, 0) is 31.1 Å². The third-order valence-electron chi connectivity index (χ3n) is 5.76. The molecule has 1 N–H and O–H groups in total. The number of nitrogens with one attached hydrogen (secondary N) is 1. The first-order chi connectivity index (χ1) is 10.7. The molecule has 22 heavy (non-hydrogen) atoms. The highest BCUT2D eigenvalue weighted by atomic mass is 16.5. The Morgan fingerprint density at radius 3 is 2.95 bits per heavy atom. The van der Waals surface area contributed by atoms with Crippen molar-refractivity contribution in [2.45, 2.75) is 56.9 Å². The van der Waals surface area contributed by atoms with Gasteiger partial charge in [0.1, 0.15) is 0 Å². The van der Waals surface area contributed by atoms with Gasteiger partial charge in [0.25, 0.3) is 5.91 Å². The molecule has 1 aromatic rings. The molecule has 2 aliphatic carbocycles. The van der Waals surface area contributed by atoms with Crippen LogP contribution >= 0.6 is 0 Å². The molecule has 1 aromatic heterocycles. The van der Waals surface area contributed by atoms with Crippen molar-refractivity contribution in [3.8, 4) is 0 Å².